The highest BCUT2D eigenvalue weighted by atomic mass is 16.3. The Balaban J connectivity index is 0.998. The Morgan fingerprint density at radius 3 is 1.75 bits per heavy atom. The average molecular weight is 984 g/mol. The van der Waals surface area contributed by atoms with Gasteiger partial charge in [0.05, 0.1) is 16.8 Å². The number of hydrogen-bond acceptors (Lipinski definition) is 3. The zero-order valence-electron chi connectivity index (χ0n) is 42.6. The van der Waals surface area contributed by atoms with E-state index in [0.717, 1.165) is 88.4 Å². The first kappa shape index (κ1) is 43.7. The van der Waals surface area contributed by atoms with Crippen molar-refractivity contribution in [3.8, 4) is 44.5 Å². The number of fused-ring (bicyclic) bond motifs is 14. The van der Waals surface area contributed by atoms with Crippen molar-refractivity contribution in [1.29, 1.82) is 0 Å². The number of para-hydroxylation sites is 3. The van der Waals surface area contributed by atoms with Crippen LogP contribution in [0.5, 0.6) is 0 Å². The monoisotopic (exact) mass is 983 g/mol. The number of nitrogens with zero attached hydrogens (tertiary/aromatic N) is 1. The van der Waals surface area contributed by atoms with Crippen molar-refractivity contribution in [1.82, 2.24) is 0 Å². The molecular weight excluding hydrogens is 935 g/mol. The van der Waals surface area contributed by atoms with E-state index in [1.54, 1.807) is 0 Å². The van der Waals surface area contributed by atoms with Crippen LogP contribution in [0.4, 0.5) is 17.1 Å². The zero-order chi connectivity index (χ0) is 51.0. The molecule has 0 saturated heterocycles. The van der Waals surface area contributed by atoms with Crippen LogP contribution in [-0.2, 0) is 10.8 Å². The molecule has 16 rings (SSSR count). The lowest BCUT2D eigenvalue weighted by atomic mass is 9.67. The lowest BCUT2D eigenvalue weighted by Gasteiger charge is -2.35. The van der Waals surface area contributed by atoms with Gasteiger partial charge in [-0.3, -0.25) is 0 Å². The Morgan fingerprint density at radius 2 is 0.922 bits per heavy atom. The lowest BCUT2D eigenvalue weighted by Crippen LogP contribution is -2.28. The molecule has 2 aromatic heterocycles. The van der Waals surface area contributed by atoms with Crippen molar-refractivity contribution < 1.29 is 8.83 Å². The summed E-state index contributed by atoms with van der Waals surface area (Å²) in [6, 6.07) is 96.1. The topological polar surface area (TPSA) is 29.5 Å². The van der Waals surface area contributed by atoms with Crippen LogP contribution in [0, 0.1) is 0 Å². The van der Waals surface area contributed by atoms with E-state index in [2.05, 4.69) is 280 Å². The fraction of sp³-hybridized carbons (Fsp3) is 0.0541. The van der Waals surface area contributed by atoms with E-state index in [4.69, 9.17) is 8.83 Å². The summed E-state index contributed by atoms with van der Waals surface area (Å²) in [5, 5.41) is 6.68. The molecule has 362 valence electrons. The molecule has 14 aromatic rings. The molecule has 0 N–H and O–H groups in total. The molecule has 0 spiro atoms. The van der Waals surface area contributed by atoms with Gasteiger partial charge in [0, 0.05) is 49.2 Å². The molecule has 0 saturated carbocycles. The molecule has 0 radical (unpaired) electrons. The minimum absolute atomic E-state index is 0.165. The molecule has 1 atom stereocenters. The molecule has 77 heavy (non-hydrogen) atoms. The summed E-state index contributed by atoms with van der Waals surface area (Å²) in [6.45, 7) is 4.74. The van der Waals surface area contributed by atoms with Crippen LogP contribution in [0.25, 0.3) is 99.2 Å². The van der Waals surface area contributed by atoms with Crippen molar-refractivity contribution in [3.63, 3.8) is 0 Å². The zero-order valence-corrected chi connectivity index (χ0v) is 42.6. The van der Waals surface area contributed by atoms with Gasteiger partial charge in [0.1, 0.15) is 22.3 Å². The second kappa shape index (κ2) is 16.4. The van der Waals surface area contributed by atoms with Gasteiger partial charge in [-0.2, -0.15) is 0 Å². The molecular formula is C74H49NO2. The maximum absolute atomic E-state index is 6.88. The van der Waals surface area contributed by atoms with Crippen LogP contribution in [0.2, 0.25) is 0 Å². The fourth-order valence-corrected chi connectivity index (χ4v) is 13.8. The van der Waals surface area contributed by atoms with Gasteiger partial charge < -0.3 is 13.7 Å². The second-order valence-corrected chi connectivity index (χ2v) is 21.4. The molecule has 0 aliphatic heterocycles. The Hall–Kier alpha value is -9.70. The molecule has 2 aliphatic carbocycles. The highest BCUT2D eigenvalue weighted by Crippen LogP contribution is 2.59. The van der Waals surface area contributed by atoms with E-state index in [1.165, 1.54) is 61.2 Å². The maximum Gasteiger partial charge on any atom is 0.143 e. The molecule has 3 nitrogen and oxygen atoms in total. The van der Waals surface area contributed by atoms with Crippen LogP contribution in [0.15, 0.2) is 270 Å². The van der Waals surface area contributed by atoms with E-state index < -0.39 is 5.41 Å². The second-order valence-electron chi connectivity index (χ2n) is 21.4. The highest BCUT2D eigenvalue weighted by molar-refractivity contribution is 6.20. The van der Waals surface area contributed by atoms with Gasteiger partial charge in [-0.05, 0) is 127 Å². The van der Waals surface area contributed by atoms with Gasteiger partial charge in [-0.25, -0.2) is 0 Å². The van der Waals surface area contributed by atoms with Crippen LogP contribution in [-0.4, -0.2) is 0 Å². The highest BCUT2D eigenvalue weighted by Gasteiger charge is 2.47. The van der Waals surface area contributed by atoms with Gasteiger partial charge >= 0.3 is 0 Å². The fourth-order valence-electron chi connectivity index (χ4n) is 13.8. The number of anilines is 3. The number of benzene rings is 12. The minimum atomic E-state index is -0.694. The largest absolute Gasteiger partial charge is 0.456 e. The van der Waals surface area contributed by atoms with Crippen LogP contribution in [0.3, 0.4) is 0 Å². The molecule has 0 bridgehead atoms. The van der Waals surface area contributed by atoms with Crippen LogP contribution >= 0.6 is 0 Å². The summed E-state index contributed by atoms with van der Waals surface area (Å²) in [5.41, 5.74) is 23.0. The van der Waals surface area contributed by atoms with E-state index in [0.29, 0.717) is 0 Å². The molecule has 12 aromatic carbocycles. The Kier molecular flexibility index (Phi) is 9.30. The normalized spacial score (nSPS) is 15.0. The molecule has 1 unspecified atom stereocenters. The quantitative estimate of drug-likeness (QED) is 0.159. The third-order valence-corrected chi connectivity index (χ3v) is 17.2. The average Bonchev–Trinajstić information content (AvgIpc) is 4.33. The minimum Gasteiger partial charge on any atom is -0.456 e. The van der Waals surface area contributed by atoms with Crippen molar-refractivity contribution in [2.75, 3.05) is 4.90 Å². The molecule has 2 heterocycles. The van der Waals surface area contributed by atoms with Crippen molar-refractivity contribution in [2.24, 2.45) is 0 Å². The van der Waals surface area contributed by atoms with E-state index in [1.807, 2.05) is 0 Å². The van der Waals surface area contributed by atoms with Crippen LogP contribution < -0.4 is 4.90 Å². The smallest absolute Gasteiger partial charge is 0.143 e. The predicted octanol–water partition coefficient (Wildman–Crippen LogP) is 20.1. The molecule has 2 aliphatic rings. The first-order valence-corrected chi connectivity index (χ1v) is 26.7. The molecule has 0 amide bonds. The van der Waals surface area contributed by atoms with E-state index in [-0.39, 0.29) is 5.41 Å². The first-order chi connectivity index (χ1) is 38.0. The van der Waals surface area contributed by atoms with Gasteiger partial charge in [-0.1, -0.05) is 220 Å². The Morgan fingerprint density at radius 1 is 0.325 bits per heavy atom. The Bertz CT molecular complexity index is 4750. The van der Waals surface area contributed by atoms with Gasteiger partial charge in [0.2, 0.25) is 0 Å². The van der Waals surface area contributed by atoms with Gasteiger partial charge in [0.15, 0.2) is 0 Å². The van der Waals surface area contributed by atoms with E-state index >= 15 is 0 Å². The molecule has 3 heteroatoms. The van der Waals surface area contributed by atoms with Crippen molar-refractivity contribution in [2.45, 2.75) is 24.7 Å². The maximum atomic E-state index is 6.88. The number of rotatable bonds is 7. The summed E-state index contributed by atoms with van der Waals surface area (Å²) in [5.74, 6) is 0. The SMILES string of the molecule is CC1(C)c2ccccc2-c2c(-c3ccccc3N(c3ccc4c(c3)C(c3ccccc3)(c3ccc5oc6ccccc6c5c3)c3ccccc3-4)c3ccccc3-c3cccc4oc5c6ccccc6ccc5c34)cccc21. The van der Waals surface area contributed by atoms with E-state index in [9.17, 15) is 0 Å². The molecule has 0 fully saturated rings. The van der Waals surface area contributed by atoms with Crippen molar-refractivity contribution >= 4 is 71.7 Å². The lowest BCUT2D eigenvalue weighted by molar-refractivity contribution is 0.660. The van der Waals surface area contributed by atoms with Gasteiger partial charge in [0.25, 0.3) is 0 Å². The summed E-state index contributed by atoms with van der Waals surface area (Å²) in [6.07, 6.45) is 0. The summed E-state index contributed by atoms with van der Waals surface area (Å²) >= 11 is 0. The van der Waals surface area contributed by atoms with Crippen LogP contribution in [0.1, 0.15) is 47.2 Å². The Labute approximate surface area is 446 Å². The third kappa shape index (κ3) is 6.14. The standard InChI is InChI=1S/C74H49NO2/c1-73(2)61-31-13-9-28-58(61)70-56(29-18-33-63(70)73)53-25-10-15-34-65(53)75(66-35-16-11-26-54(66)57-30-19-37-69-71(57)59-41-38-46-20-6-7-23-50(46)72(59)77-69)49-40-42-52-51-24-8-14-32-62(51)74(64(52)45-49,47-21-4-3-5-22-47)48-39-43-68-60(44-48)55-27-12-17-36-67(55)76-68/h3-45H,1-2H3. The first-order valence-electron chi connectivity index (χ1n) is 26.7. The number of furan rings is 2. The van der Waals surface area contributed by atoms with Gasteiger partial charge in [-0.15, -0.1) is 0 Å². The van der Waals surface area contributed by atoms with Crippen molar-refractivity contribution in [3.05, 3.63) is 294 Å². The number of hydrogen-bond donors (Lipinski definition) is 0. The summed E-state index contributed by atoms with van der Waals surface area (Å²) in [4.78, 5) is 2.54. The predicted molar refractivity (Wildman–Crippen MR) is 319 cm³/mol. The third-order valence-electron chi connectivity index (χ3n) is 17.2. The summed E-state index contributed by atoms with van der Waals surface area (Å²) in [7, 11) is 0. The summed E-state index contributed by atoms with van der Waals surface area (Å²) < 4.78 is 13.4.